The molecule has 24 heavy (non-hydrogen) atoms. The highest BCUT2D eigenvalue weighted by Crippen LogP contribution is 2.32. The number of fused-ring (bicyclic) bond motifs is 1. The van der Waals surface area contributed by atoms with Crippen LogP contribution in [0.25, 0.3) is 11.0 Å². The first-order valence-corrected chi connectivity index (χ1v) is 8.58. The molecule has 0 atom stereocenters. The van der Waals surface area contributed by atoms with Gasteiger partial charge in [0.05, 0.1) is 20.9 Å². The lowest BCUT2D eigenvalue weighted by Crippen LogP contribution is -2.21. The number of rotatable bonds is 4. The van der Waals surface area contributed by atoms with Gasteiger partial charge in [-0.1, -0.05) is 12.1 Å². The molecule has 1 aromatic carbocycles. The zero-order valence-corrected chi connectivity index (χ0v) is 13.9. The van der Waals surface area contributed by atoms with E-state index in [0.29, 0.717) is 9.88 Å². The van der Waals surface area contributed by atoms with Crippen LogP contribution in [0.5, 0.6) is 0 Å². The number of aryl methyl sites for hydroxylation is 1. The largest absolute Gasteiger partial charge is 0.317 e. The second-order valence-electron chi connectivity index (χ2n) is 5.93. The van der Waals surface area contributed by atoms with Crippen molar-refractivity contribution in [2.45, 2.75) is 19.8 Å². The van der Waals surface area contributed by atoms with Crippen LogP contribution in [0.4, 0.5) is 5.00 Å². The van der Waals surface area contributed by atoms with E-state index in [0.717, 1.165) is 29.4 Å². The number of nitrogens with zero attached hydrogens (tertiary/aromatic N) is 2. The van der Waals surface area contributed by atoms with Gasteiger partial charge < -0.3 is 5.32 Å². The molecule has 2 heterocycles. The average Bonchev–Trinajstić information content (AvgIpc) is 3.26. The van der Waals surface area contributed by atoms with E-state index in [1.54, 1.807) is 11.0 Å². The molecule has 0 aliphatic heterocycles. The van der Waals surface area contributed by atoms with Gasteiger partial charge in [0, 0.05) is 5.92 Å². The first-order chi connectivity index (χ1) is 11.6. The SMILES string of the molecule is Cc1cc(NC(=O)C2CC2)sc1C(=O)Nn1cnc2ccccc21. The molecule has 0 spiro atoms. The molecule has 0 saturated heterocycles. The summed E-state index contributed by atoms with van der Waals surface area (Å²) in [5.41, 5.74) is 5.33. The van der Waals surface area contributed by atoms with Gasteiger partial charge in [0.15, 0.2) is 0 Å². The minimum atomic E-state index is -0.215. The maximum Gasteiger partial charge on any atom is 0.280 e. The highest BCUT2D eigenvalue weighted by Gasteiger charge is 2.30. The number of hydrogen-bond acceptors (Lipinski definition) is 4. The van der Waals surface area contributed by atoms with Gasteiger partial charge in [-0.25, -0.2) is 9.66 Å². The molecular weight excluding hydrogens is 324 g/mol. The smallest absolute Gasteiger partial charge is 0.280 e. The molecule has 0 radical (unpaired) electrons. The van der Waals surface area contributed by atoms with Gasteiger partial charge in [0.2, 0.25) is 5.91 Å². The van der Waals surface area contributed by atoms with E-state index < -0.39 is 0 Å². The summed E-state index contributed by atoms with van der Waals surface area (Å²) >= 11 is 1.29. The molecule has 1 aliphatic rings. The number of amides is 2. The van der Waals surface area contributed by atoms with Gasteiger partial charge in [0.1, 0.15) is 6.33 Å². The van der Waals surface area contributed by atoms with Crippen molar-refractivity contribution in [2.75, 3.05) is 10.7 Å². The molecule has 122 valence electrons. The summed E-state index contributed by atoms with van der Waals surface area (Å²) in [5, 5.41) is 3.60. The second kappa shape index (κ2) is 5.76. The molecule has 6 nitrogen and oxygen atoms in total. The Morgan fingerprint density at radius 3 is 2.88 bits per heavy atom. The third kappa shape index (κ3) is 2.78. The Bertz CT molecular complexity index is 939. The van der Waals surface area contributed by atoms with Crippen LogP contribution in [-0.2, 0) is 4.79 Å². The number of carbonyl (C=O) groups is 2. The second-order valence-corrected chi connectivity index (χ2v) is 6.98. The Labute approximate surface area is 142 Å². The summed E-state index contributed by atoms with van der Waals surface area (Å²) in [6.07, 6.45) is 3.50. The Kier molecular flexibility index (Phi) is 3.57. The molecule has 1 fully saturated rings. The van der Waals surface area contributed by atoms with E-state index >= 15 is 0 Å². The Balaban J connectivity index is 1.53. The van der Waals surface area contributed by atoms with Crippen molar-refractivity contribution in [3.63, 3.8) is 0 Å². The fraction of sp³-hybridized carbons (Fsp3) is 0.235. The van der Waals surface area contributed by atoms with E-state index in [1.807, 2.05) is 37.3 Å². The number of nitrogens with one attached hydrogen (secondary N) is 2. The monoisotopic (exact) mass is 340 g/mol. The third-order valence-electron chi connectivity index (χ3n) is 3.99. The molecule has 3 aromatic rings. The number of para-hydroxylation sites is 2. The number of thiophene rings is 1. The van der Waals surface area contributed by atoms with Crippen LogP contribution >= 0.6 is 11.3 Å². The predicted octanol–water partition coefficient (Wildman–Crippen LogP) is 3.14. The summed E-state index contributed by atoms with van der Waals surface area (Å²) in [5.74, 6) is -0.0293. The van der Waals surface area contributed by atoms with Crippen LogP contribution < -0.4 is 10.7 Å². The molecule has 1 aliphatic carbocycles. The van der Waals surface area contributed by atoms with Crippen molar-refractivity contribution >= 4 is 39.2 Å². The summed E-state index contributed by atoms with van der Waals surface area (Å²) in [4.78, 5) is 29.2. The highest BCUT2D eigenvalue weighted by molar-refractivity contribution is 7.18. The number of imidazole rings is 1. The van der Waals surface area contributed by atoms with Gasteiger partial charge in [-0.3, -0.25) is 15.0 Å². The van der Waals surface area contributed by atoms with Crippen LogP contribution in [0.3, 0.4) is 0 Å². The van der Waals surface area contributed by atoms with Gasteiger partial charge in [-0.05, 0) is 43.5 Å². The Hall–Kier alpha value is -2.67. The van der Waals surface area contributed by atoms with Gasteiger partial charge in [-0.15, -0.1) is 11.3 Å². The van der Waals surface area contributed by atoms with Crippen LogP contribution in [-0.4, -0.2) is 21.5 Å². The summed E-state index contributed by atoms with van der Waals surface area (Å²) in [6, 6.07) is 9.42. The van der Waals surface area contributed by atoms with Crippen LogP contribution in [0.2, 0.25) is 0 Å². The van der Waals surface area contributed by atoms with Crippen LogP contribution in [0.15, 0.2) is 36.7 Å². The molecular formula is C17H16N4O2S. The van der Waals surface area contributed by atoms with E-state index in [2.05, 4.69) is 15.7 Å². The van der Waals surface area contributed by atoms with Gasteiger partial charge in [-0.2, -0.15) is 0 Å². The lowest BCUT2D eigenvalue weighted by atomic mass is 10.3. The fourth-order valence-corrected chi connectivity index (χ4v) is 3.51. The standard InChI is InChI=1S/C17H16N4O2S/c1-10-8-14(19-16(22)11-6-7-11)24-15(10)17(23)20-21-9-18-12-4-2-3-5-13(12)21/h2-5,8-9,11H,6-7H2,1H3,(H,19,22)(H,20,23). The molecule has 2 N–H and O–H groups in total. The fourth-order valence-electron chi connectivity index (χ4n) is 2.55. The highest BCUT2D eigenvalue weighted by atomic mass is 32.1. The molecule has 2 amide bonds. The van der Waals surface area contributed by atoms with Gasteiger partial charge >= 0.3 is 0 Å². The van der Waals surface area contributed by atoms with Crippen molar-refractivity contribution in [3.8, 4) is 0 Å². The quantitative estimate of drug-likeness (QED) is 0.766. The third-order valence-corrected chi connectivity index (χ3v) is 5.15. The summed E-state index contributed by atoms with van der Waals surface area (Å²) in [7, 11) is 0. The number of carbonyl (C=O) groups excluding carboxylic acids is 2. The molecule has 7 heteroatoms. The zero-order valence-electron chi connectivity index (χ0n) is 13.1. The molecule has 2 aromatic heterocycles. The normalized spacial score (nSPS) is 13.9. The first-order valence-electron chi connectivity index (χ1n) is 7.76. The molecule has 0 unspecified atom stereocenters. The van der Waals surface area contributed by atoms with E-state index in [9.17, 15) is 9.59 Å². The van der Waals surface area contributed by atoms with E-state index in [1.165, 1.54) is 11.3 Å². The zero-order chi connectivity index (χ0) is 16.7. The van der Waals surface area contributed by atoms with Crippen molar-refractivity contribution in [1.82, 2.24) is 9.66 Å². The summed E-state index contributed by atoms with van der Waals surface area (Å²) < 4.78 is 1.61. The van der Waals surface area contributed by atoms with Crippen molar-refractivity contribution in [3.05, 3.63) is 47.1 Å². The minimum absolute atomic E-state index is 0.0452. The average molecular weight is 340 g/mol. The van der Waals surface area contributed by atoms with Crippen molar-refractivity contribution in [2.24, 2.45) is 5.92 Å². The molecule has 1 saturated carbocycles. The topological polar surface area (TPSA) is 76.0 Å². The first kappa shape index (κ1) is 14.9. The van der Waals surface area contributed by atoms with E-state index in [-0.39, 0.29) is 17.7 Å². The maximum atomic E-state index is 12.6. The maximum absolute atomic E-state index is 12.6. The van der Waals surface area contributed by atoms with Gasteiger partial charge in [0.25, 0.3) is 5.91 Å². The molecule has 4 rings (SSSR count). The number of anilines is 1. The van der Waals surface area contributed by atoms with Crippen LogP contribution in [0, 0.1) is 12.8 Å². The minimum Gasteiger partial charge on any atom is -0.317 e. The van der Waals surface area contributed by atoms with Crippen molar-refractivity contribution in [1.29, 1.82) is 0 Å². The van der Waals surface area contributed by atoms with Crippen molar-refractivity contribution < 1.29 is 9.59 Å². The Morgan fingerprint density at radius 2 is 2.08 bits per heavy atom. The number of aromatic nitrogens is 2. The number of hydrogen-bond donors (Lipinski definition) is 2. The lowest BCUT2D eigenvalue weighted by molar-refractivity contribution is -0.117. The summed E-state index contributed by atoms with van der Waals surface area (Å²) in [6.45, 7) is 1.87. The predicted molar refractivity (Wildman–Crippen MR) is 93.8 cm³/mol. The van der Waals surface area contributed by atoms with E-state index in [4.69, 9.17) is 0 Å². The lowest BCUT2D eigenvalue weighted by Gasteiger charge is -2.06. The molecule has 0 bridgehead atoms. The van der Waals surface area contributed by atoms with Crippen LogP contribution in [0.1, 0.15) is 28.1 Å². The number of benzene rings is 1. The Morgan fingerprint density at radius 1 is 1.29 bits per heavy atom.